The molecule has 0 aliphatic carbocycles. The summed E-state index contributed by atoms with van der Waals surface area (Å²) >= 11 is 0. The first-order valence-electron chi connectivity index (χ1n) is 9.19. The summed E-state index contributed by atoms with van der Waals surface area (Å²) in [5.74, 6) is 0.652. The van der Waals surface area contributed by atoms with Crippen molar-refractivity contribution in [1.29, 1.82) is 0 Å². The van der Waals surface area contributed by atoms with E-state index < -0.39 is 0 Å². The molecule has 1 fully saturated rings. The van der Waals surface area contributed by atoms with Gasteiger partial charge in [-0.05, 0) is 19.8 Å². The van der Waals surface area contributed by atoms with Gasteiger partial charge in [-0.1, -0.05) is 0 Å². The third kappa shape index (κ3) is 11.3. The molecule has 0 saturated carbocycles. The van der Waals surface area contributed by atoms with Crippen LogP contribution < -0.4 is 16.0 Å². The number of nitrogens with one attached hydrogen (secondary N) is 3. The highest BCUT2D eigenvalue weighted by Crippen LogP contribution is 2.10. The summed E-state index contributed by atoms with van der Waals surface area (Å²) in [7, 11) is 5.15. The zero-order valence-corrected chi connectivity index (χ0v) is 19.2. The number of halogens is 1. The van der Waals surface area contributed by atoms with E-state index in [1.165, 1.54) is 0 Å². The van der Waals surface area contributed by atoms with E-state index in [9.17, 15) is 9.59 Å². The van der Waals surface area contributed by atoms with Gasteiger partial charge in [-0.2, -0.15) is 0 Å². The molecule has 158 valence electrons. The first-order chi connectivity index (χ1) is 12.5. The molecule has 1 rings (SSSR count). The molecule has 0 aromatic rings. The van der Waals surface area contributed by atoms with Crippen molar-refractivity contribution in [1.82, 2.24) is 25.8 Å². The third-order valence-corrected chi connectivity index (χ3v) is 4.14. The average molecular weight is 498 g/mol. The fraction of sp³-hybridized carbons (Fsp3) is 0.824. The standard InChI is InChI=1S/C17H34N6O3.HI/c1-5-18-17(20-12-15(24)19-8-11-26-4)21-14-6-9-23(10-7-14)13-16(25)22(2)3;/h14H,5-13H2,1-4H3,(H,19,24)(H2,18,20,21);1H. The monoisotopic (exact) mass is 498 g/mol. The van der Waals surface area contributed by atoms with Crippen molar-refractivity contribution in [2.45, 2.75) is 25.8 Å². The molecule has 2 amide bonds. The van der Waals surface area contributed by atoms with Crippen LogP contribution in [0.4, 0.5) is 0 Å². The van der Waals surface area contributed by atoms with Gasteiger partial charge in [0.05, 0.1) is 13.2 Å². The molecule has 27 heavy (non-hydrogen) atoms. The number of piperidine rings is 1. The highest BCUT2D eigenvalue weighted by molar-refractivity contribution is 14.0. The van der Waals surface area contributed by atoms with Gasteiger partial charge >= 0.3 is 0 Å². The number of carbonyl (C=O) groups excluding carboxylic acids is 2. The minimum absolute atomic E-state index is 0. The maximum atomic E-state index is 11.8. The molecule has 3 N–H and O–H groups in total. The molecule has 1 saturated heterocycles. The molecule has 0 atom stereocenters. The van der Waals surface area contributed by atoms with Crippen LogP contribution in [-0.2, 0) is 14.3 Å². The highest BCUT2D eigenvalue weighted by atomic mass is 127. The van der Waals surface area contributed by atoms with Crippen LogP contribution in [-0.4, -0.2) is 101 Å². The van der Waals surface area contributed by atoms with Crippen molar-refractivity contribution in [2.24, 2.45) is 4.99 Å². The van der Waals surface area contributed by atoms with Gasteiger partial charge < -0.3 is 25.6 Å². The van der Waals surface area contributed by atoms with Gasteiger partial charge in [0, 0.05) is 53.4 Å². The molecule has 0 spiro atoms. The summed E-state index contributed by atoms with van der Waals surface area (Å²) < 4.78 is 4.90. The fourth-order valence-electron chi connectivity index (χ4n) is 2.58. The predicted molar refractivity (Wildman–Crippen MR) is 118 cm³/mol. The van der Waals surface area contributed by atoms with Crippen LogP contribution in [0, 0.1) is 0 Å². The lowest BCUT2D eigenvalue weighted by Gasteiger charge is -2.33. The van der Waals surface area contributed by atoms with Crippen LogP contribution >= 0.6 is 24.0 Å². The molecule has 1 aliphatic rings. The Kier molecular flexibility index (Phi) is 14.2. The maximum absolute atomic E-state index is 11.8. The van der Waals surface area contributed by atoms with E-state index in [-0.39, 0.29) is 48.4 Å². The van der Waals surface area contributed by atoms with E-state index in [0.717, 1.165) is 32.5 Å². The number of likely N-dealkylation sites (N-methyl/N-ethyl adjacent to an activating group) is 1. The van der Waals surface area contributed by atoms with E-state index in [2.05, 4.69) is 25.8 Å². The SMILES string of the molecule is CCNC(=NCC(=O)NCCOC)NC1CCN(CC(=O)N(C)C)CC1.I. The largest absolute Gasteiger partial charge is 0.383 e. The summed E-state index contributed by atoms with van der Waals surface area (Å²) in [6, 6.07) is 0.287. The number of hydrogen-bond donors (Lipinski definition) is 3. The minimum Gasteiger partial charge on any atom is -0.383 e. The molecular formula is C17H35IN6O3. The predicted octanol–water partition coefficient (Wildman–Crippen LogP) is -0.525. The number of ether oxygens (including phenoxy) is 1. The Labute approximate surface area is 179 Å². The van der Waals surface area contributed by atoms with Crippen molar-refractivity contribution in [3.63, 3.8) is 0 Å². The number of rotatable bonds is 9. The van der Waals surface area contributed by atoms with E-state index in [1.807, 2.05) is 6.92 Å². The highest BCUT2D eigenvalue weighted by Gasteiger charge is 2.22. The van der Waals surface area contributed by atoms with Crippen LogP contribution in [0.1, 0.15) is 19.8 Å². The smallest absolute Gasteiger partial charge is 0.241 e. The molecule has 0 unspecified atom stereocenters. The Morgan fingerprint density at radius 1 is 1.22 bits per heavy atom. The first-order valence-corrected chi connectivity index (χ1v) is 9.19. The Morgan fingerprint density at radius 2 is 1.89 bits per heavy atom. The van der Waals surface area contributed by atoms with Crippen molar-refractivity contribution in [3.05, 3.63) is 0 Å². The quantitative estimate of drug-likeness (QED) is 0.171. The van der Waals surface area contributed by atoms with Crippen LogP contribution in [0.25, 0.3) is 0 Å². The van der Waals surface area contributed by atoms with Gasteiger partial charge in [-0.3, -0.25) is 14.5 Å². The van der Waals surface area contributed by atoms with Crippen LogP contribution in [0.3, 0.4) is 0 Å². The average Bonchev–Trinajstić information content (AvgIpc) is 2.61. The summed E-state index contributed by atoms with van der Waals surface area (Å²) in [6.45, 7) is 5.98. The van der Waals surface area contributed by atoms with Crippen molar-refractivity contribution >= 4 is 41.8 Å². The molecule has 9 nitrogen and oxygen atoms in total. The second kappa shape index (κ2) is 14.9. The van der Waals surface area contributed by atoms with Crippen molar-refractivity contribution in [3.8, 4) is 0 Å². The zero-order valence-electron chi connectivity index (χ0n) is 16.9. The van der Waals surface area contributed by atoms with Crippen molar-refractivity contribution < 1.29 is 14.3 Å². The Balaban J connectivity index is 0.00000676. The van der Waals surface area contributed by atoms with Gasteiger partial charge in [0.2, 0.25) is 11.8 Å². The molecule has 0 aromatic carbocycles. The molecule has 0 aromatic heterocycles. The molecule has 0 bridgehead atoms. The Bertz CT molecular complexity index is 468. The van der Waals surface area contributed by atoms with Gasteiger partial charge in [0.25, 0.3) is 0 Å². The number of carbonyl (C=O) groups is 2. The Hall–Kier alpha value is -1.14. The van der Waals surface area contributed by atoms with Crippen molar-refractivity contribution in [2.75, 3.05) is 67.1 Å². The molecule has 10 heteroatoms. The van der Waals surface area contributed by atoms with Gasteiger partial charge in [0.15, 0.2) is 5.96 Å². The molecule has 1 heterocycles. The lowest BCUT2D eigenvalue weighted by atomic mass is 10.1. The molecule has 1 aliphatic heterocycles. The summed E-state index contributed by atoms with van der Waals surface area (Å²) in [5, 5.41) is 9.31. The lowest BCUT2D eigenvalue weighted by molar-refractivity contribution is -0.130. The number of nitrogens with zero attached hydrogens (tertiary/aromatic N) is 3. The van der Waals surface area contributed by atoms with Gasteiger partial charge in [0.1, 0.15) is 6.54 Å². The minimum atomic E-state index is -0.128. The second-order valence-electron chi connectivity index (χ2n) is 6.52. The normalized spacial score (nSPS) is 15.6. The van der Waals surface area contributed by atoms with Crippen LogP contribution in [0.15, 0.2) is 4.99 Å². The second-order valence-corrected chi connectivity index (χ2v) is 6.52. The number of aliphatic imine (C=N–C) groups is 1. The number of guanidine groups is 1. The van der Waals surface area contributed by atoms with Gasteiger partial charge in [-0.15, -0.1) is 24.0 Å². The lowest BCUT2D eigenvalue weighted by Crippen LogP contribution is -2.50. The zero-order chi connectivity index (χ0) is 19.4. The summed E-state index contributed by atoms with van der Waals surface area (Å²) in [6.07, 6.45) is 1.87. The van der Waals surface area contributed by atoms with E-state index in [4.69, 9.17) is 4.74 Å². The van der Waals surface area contributed by atoms with Crippen LogP contribution in [0.2, 0.25) is 0 Å². The number of amides is 2. The molecular weight excluding hydrogens is 463 g/mol. The summed E-state index contributed by atoms with van der Waals surface area (Å²) in [5.41, 5.74) is 0. The number of methoxy groups -OCH3 is 1. The maximum Gasteiger partial charge on any atom is 0.241 e. The summed E-state index contributed by atoms with van der Waals surface area (Å²) in [4.78, 5) is 31.7. The van der Waals surface area contributed by atoms with E-state index in [1.54, 1.807) is 26.1 Å². The van der Waals surface area contributed by atoms with E-state index in [0.29, 0.717) is 25.7 Å². The number of hydrogen-bond acceptors (Lipinski definition) is 5. The number of likely N-dealkylation sites (tertiary alicyclic amines) is 1. The third-order valence-electron chi connectivity index (χ3n) is 4.14. The first kappa shape index (κ1) is 25.9. The topological polar surface area (TPSA) is 98.3 Å². The fourth-order valence-corrected chi connectivity index (χ4v) is 2.58. The van der Waals surface area contributed by atoms with Gasteiger partial charge in [-0.25, -0.2) is 4.99 Å². The molecule has 0 radical (unpaired) electrons. The Morgan fingerprint density at radius 3 is 2.44 bits per heavy atom. The van der Waals surface area contributed by atoms with E-state index >= 15 is 0 Å². The van der Waals surface area contributed by atoms with Crippen LogP contribution in [0.5, 0.6) is 0 Å².